The smallest absolute Gasteiger partial charge is 0 e. The van der Waals surface area contributed by atoms with E-state index in [0.29, 0.717) is 0 Å². The third kappa shape index (κ3) is 126. The Labute approximate surface area is 211 Å². The molecule has 0 heterocycles. The maximum absolute atomic E-state index is 7.75. The first-order valence-corrected chi connectivity index (χ1v) is 0.236. The average Bonchev–Trinajstić information content (AvgIpc) is 1.00. The van der Waals surface area contributed by atoms with Gasteiger partial charge in [0, 0.05) is 204 Å². The minimum Gasteiger partial charge on any atom is -0.545 e. The van der Waals surface area contributed by atoms with E-state index in [9.17, 15) is 0 Å². The molecular weight excluding hydrogens is 588 g/mol. The van der Waals surface area contributed by atoms with Gasteiger partial charge >= 0.3 is 0 Å². The van der Waals surface area contributed by atoms with Crippen molar-refractivity contribution in [1.82, 2.24) is 0 Å². The van der Waals surface area contributed by atoms with Crippen LogP contribution in [0.1, 0.15) is 0 Å². The topological polar surface area (TPSA) is 17.1 Å². The predicted molar refractivity (Wildman–Crippen MR) is 6.75 cm³/mol. The van der Waals surface area contributed by atoms with Crippen LogP contribution in [0.2, 0.25) is 0 Å². The zero-order chi connectivity index (χ0) is 2.00. The molecular formula is CHOV11-. The van der Waals surface area contributed by atoms with Crippen LogP contribution >= 0.6 is 0 Å². The summed E-state index contributed by atoms with van der Waals surface area (Å²) < 4.78 is 0. The standard InChI is InChI=1S/CHO.11V/c1-2;;;;;;;;;;;/h1H;;;;;;;;;;;/q-1;;;;;;;;;;;. The molecule has 0 aromatic carbocycles. The summed E-state index contributed by atoms with van der Waals surface area (Å²) in [6, 6.07) is 0. The number of carbonyl (C=O) groups excluding carboxylic acids is 1. The minimum absolute atomic E-state index is 0. The fraction of sp³-hybridized carbons (Fsp3) is 0. The van der Waals surface area contributed by atoms with Gasteiger partial charge in [0.15, 0.2) is 0 Å². The number of hydrogen-bond acceptors (Lipinski definition) is 1. The van der Waals surface area contributed by atoms with Crippen LogP contribution in [0.25, 0.3) is 0 Å². The molecule has 0 aliphatic heterocycles. The second-order valence-corrected chi connectivity index (χ2v) is 0. The molecule has 67 valence electrons. The molecule has 11 radical (unpaired) electrons. The summed E-state index contributed by atoms with van der Waals surface area (Å²) >= 11 is 0. The van der Waals surface area contributed by atoms with E-state index in [4.69, 9.17) is 4.79 Å². The van der Waals surface area contributed by atoms with Gasteiger partial charge in [0.25, 0.3) is 0 Å². The zero-order valence-electron chi connectivity index (χ0n) is 5.90. The SMILES string of the molecule is [CH-]=O.[V].[V].[V].[V].[V].[V].[V].[V].[V].[V].[V]. The van der Waals surface area contributed by atoms with Gasteiger partial charge in [-0.3, -0.25) is 6.79 Å². The predicted octanol–water partition coefficient (Wildman–Crippen LogP) is -0.302. The van der Waals surface area contributed by atoms with E-state index >= 15 is 0 Å². The quantitative estimate of drug-likeness (QED) is 0.281. The fourth-order valence-electron chi connectivity index (χ4n) is 0. The molecule has 0 aromatic rings. The molecule has 1 nitrogen and oxygen atoms in total. The van der Waals surface area contributed by atoms with Crippen molar-refractivity contribution in [2.75, 3.05) is 0 Å². The third-order valence-corrected chi connectivity index (χ3v) is 0. The maximum atomic E-state index is 7.75. The van der Waals surface area contributed by atoms with E-state index in [1.54, 1.807) is 0 Å². The molecule has 0 saturated carbocycles. The van der Waals surface area contributed by atoms with E-state index < -0.39 is 0 Å². The second-order valence-electron chi connectivity index (χ2n) is 0. The van der Waals surface area contributed by atoms with Crippen molar-refractivity contribution in [1.29, 1.82) is 0 Å². The Morgan fingerprint density at radius 2 is 0.308 bits per heavy atom. The van der Waals surface area contributed by atoms with Gasteiger partial charge in [-0.05, 0) is 0 Å². The fourth-order valence-corrected chi connectivity index (χ4v) is 0. The van der Waals surface area contributed by atoms with E-state index in [1.165, 1.54) is 0 Å². The molecule has 0 aliphatic carbocycles. The van der Waals surface area contributed by atoms with Crippen LogP contribution < -0.4 is 0 Å². The molecule has 12 heteroatoms. The Hall–Kier alpha value is 6.10. The molecule has 0 unspecified atom stereocenters. The van der Waals surface area contributed by atoms with Crippen LogP contribution in [0, 0.1) is 0 Å². The molecule has 0 rings (SSSR count). The molecule has 0 aliphatic rings. The molecule has 0 amide bonds. The van der Waals surface area contributed by atoms with Crippen LogP contribution in [0.4, 0.5) is 0 Å². The van der Waals surface area contributed by atoms with Crippen molar-refractivity contribution in [2.24, 2.45) is 0 Å². The van der Waals surface area contributed by atoms with Gasteiger partial charge in [-0.1, -0.05) is 0 Å². The van der Waals surface area contributed by atoms with Crippen LogP contribution in [-0.2, 0) is 209 Å². The normalized spacial score (nSPS) is 0.308. The van der Waals surface area contributed by atoms with E-state index in [2.05, 4.69) is 6.79 Å². The first kappa shape index (κ1) is 124. The number of hydrogen-bond donors (Lipinski definition) is 0. The van der Waals surface area contributed by atoms with Gasteiger partial charge < -0.3 is 4.79 Å². The molecule has 13 heavy (non-hydrogen) atoms. The van der Waals surface area contributed by atoms with Gasteiger partial charge in [0.05, 0.1) is 0 Å². The summed E-state index contributed by atoms with van der Waals surface area (Å²) in [5.41, 5.74) is 0. The van der Waals surface area contributed by atoms with Gasteiger partial charge in [-0.15, -0.1) is 0 Å². The summed E-state index contributed by atoms with van der Waals surface area (Å²) in [4.78, 5) is 7.75. The zero-order valence-corrected chi connectivity index (χ0v) is 21.3. The Morgan fingerprint density at radius 1 is 0.308 bits per heavy atom. The third-order valence-electron chi connectivity index (χ3n) is 0. The van der Waals surface area contributed by atoms with Gasteiger partial charge in [0.2, 0.25) is 0 Å². The summed E-state index contributed by atoms with van der Waals surface area (Å²) in [5, 5.41) is 0. The largest absolute Gasteiger partial charge is 0.545 e. The van der Waals surface area contributed by atoms with Crippen molar-refractivity contribution in [3.05, 3.63) is 0 Å². The van der Waals surface area contributed by atoms with E-state index in [-0.39, 0.29) is 204 Å². The van der Waals surface area contributed by atoms with Crippen LogP contribution in [0.15, 0.2) is 0 Å². The Morgan fingerprint density at radius 3 is 0.308 bits per heavy atom. The molecule has 0 spiro atoms. The molecule has 0 aromatic heterocycles. The van der Waals surface area contributed by atoms with Crippen LogP contribution in [0.5, 0.6) is 0 Å². The second kappa shape index (κ2) is 142. The monoisotopic (exact) mass is 589 g/mol. The van der Waals surface area contributed by atoms with Crippen molar-refractivity contribution < 1.29 is 209 Å². The molecule has 0 fully saturated rings. The van der Waals surface area contributed by atoms with E-state index in [0.717, 1.165) is 0 Å². The van der Waals surface area contributed by atoms with Gasteiger partial charge in [-0.25, -0.2) is 0 Å². The first-order chi connectivity index (χ1) is 1.00. The Kier molecular flexibility index (Phi) is 1360. The Balaban J connectivity index is -0.0000000000909. The number of rotatable bonds is 0. The van der Waals surface area contributed by atoms with Crippen LogP contribution in [0.3, 0.4) is 0 Å². The molecule has 0 N–H and O–H groups in total. The summed E-state index contributed by atoms with van der Waals surface area (Å²) in [6.07, 6.45) is 0. The van der Waals surface area contributed by atoms with Crippen LogP contribution in [-0.4, -0.2) is 6.79 Å². The Bertz CT molecular complexity index is 10.1. The van der Waals surface area contributed by atoms with Gasteiger partial charge in [0.1, 0.15) is 0 Å². The first-order valence-electron chi connectivity index (χ1n) is 0.236. The summed E-state index contributed by atoms with van der Waals surface area (Å²) in [7, 11) is 0. The van der Waals surface area contributed by atoms with E-state index in [1.807, 2.05) is 0 Å². The summed E-state index contributed by atoms with van der Waals surface area (Å²) in [5.74, 6) is 0. The summed E-state index contributed by atoms with van der Waals surface area (Å²) in [6.45, 7) is 3.25. The van der Waals surface area contributed by atoms with Crippen molar-refractivity contribution in [3.8, 4) is 0 Å². The molecule has 0 saturated heterocycles. The minimum atomic E-state index is 0. The molecule has 0 atom stereocenters. The average molecular weight is 589 g/mol. The van der Waals surface area contributed by atoms with Crippen molar-refractivity contribution in [3.63, 3.8) is 0 Å². The van der Waals surface area contributed by atoms with Crippen molar-refractivity contribution >= 4 is 6.79 Å². The van der Waals surface area contributed by atoms with Gasteiger partial charge in [-0.2, -0.15) is 0 Å². The maximum Gasteiger partial charge on any atom is 0 e. The van der Waals surface area contributed by atoms with Crippen molar-refractivity contribution in [2.45, 2.75) is 0 Å². The molecule has 0 bridgehead atoms.